The molecule has 1 aromatic heterocycles. The van der Waals surface area contributed by atoms with Gasteiger partial charge in [-0.1, -0.05) is 23.2 Å². The third kappa shape index (κ3) is 1.94. The molecule has 0 aliphatic carbocycles. The topological polar surface area (TPSA) is 48.1 Å². The molecule has 0 aliphatic rings. The van der Waals surface area contributed by atoms with Crippen molar-refractivity contribution >= 4 is 34.1 Å². The first kappa shape index (κ1) is 11.5. The summed E-state index contributed by atoms with van der Waals surface area (Å²) in [5, 5.41) is 1.86. The SMILES string of the molecule is COc1cc2nc(Cl)c(CN)cc2cc1Cl. The minimum Gasteiger partial charge on any atom is -0.495 e. The standard InChI is InChI=1S/C11H10Cl2N2O/c1-16-10-4-9-6(3-8(10)12)2-7(5-14)11(13)15-9/h2-4H,5,14H2,1H3. The second-order valence-corrected chi connectivity index (χ2v) is 4.09. The van der Waals surface area contributed by atoms with Crippen LogP contribution in [0.5, 0.6) is 5.75 Å². The van der Waals surface area contributed by atoms with E-state index in [0.717, 1.165) is 16.5 Å². The van der Waals surface area contributed by atoms with Crippen LogP contribution in [0.15, 0.2) is 18.2 Å². The van der Waals surface area contributed by atoms with Gasteiger partial charge in [-0.3, -0.25) is 0 Å². The van der Waals surface area contributed by atoms with Gasteiger partial charge in [0, 0.05) is 23.6 Å². The average molecular weight is 257 g/mol. The summed E-state index contributed by atoms with van der Waals surface area (Å²) in [6.07, 6.45) is 0. The Hall–Kier alpha value is -1.03. The fraction of sp³-hybridized carbons (Fsp3) is 0.182. The molecule has 84 valence electrons. The minimum absolute atomic E-state index is 0.353. The van der Waals surface area contributed by atoms with Crippen LogP contribution in [0.25, 0.3) is 10.9 Å². The van der Waals surface area contributed by atoms with Crippen LogP contribution in [0, 0.1) is 0 Å². The third-order valence-corrected chi connectivity index (χ3v) is 2.96. The molecule has 0 saturated heterocycles. The van der Waals surface area contributed by atoms with Crippen molar-refractivity contribution in [2.45, 2.75) is 6.54 Å². The first-order valence-corrected chi connectivity index (χ1v) is 5.44. The zero-order chi connectivity index (χ0) is 11.7. The molecule has 0 spiro atoms. The maximum Gasteiger partial charge on any atom is 0.139 e. The Kier molecular flexibility index (Phi) is 3.19. The number of rotatable bonds is 2. The van der Waals surface area contributed by atoms with E-state index in [2.05, 4.69) is 4.98 Å². The number of nitrogens with two attached hydrogens (primary N) is 1. The van der Waals surface area contributed by atoms with Gasteiger partial charge in [0.2, 0.25) is 0 Å². The van der Waals surface area contributed by atoms with Gasteiger partial charge in [-0.2, -0.15) is 0 Å². The van der Waals surface area contributed by atoms with Crippen molar-refractivity contribution in [1.82, 2.24) is 4.98 Å². The molecule has 2 aromatic rings. The average Bonchev–Trinajstić information content (AvgIpc) is 2.28. The summed E-state index contributed by atoms with van der Waals surface area (Å²) in [6.45, 7) is 0.353. The molecule has 0 radical (unpaired) electrons. The molecular weight excluding hydrogens is 247 g/mol. The highest BCUT2D eigenvalue weighted by molar-refractivity contribution is 6.33. The lowest BCUT2D eigenvalue weighted by molar-refractivity contribution is 0.415. The van der Waals surface area contributed by atoms with Crippen LogP contribution in [-0.4, -0.2) is 12.1 Å². The summed E-state index contributed by atoms with van der Waals surface area (Å²) in [7, 11) is 1.56. The molecule has 2 rings (SSSR count). The number of halogens is 2. The van der Waals surface area contributed by atoms with Gasteiger partial charge in [0.15, 0.2) is 0 Å². The van der Waals surface area contributed by atoms with Crippen LogP contribution in [0.2, 0.25) is 10.2 Å². The number of benzene rings is 1. The third-order valence-electron chi connectivity index (χ3n) is 2.33. The number of pyridine rings is 1. The van der Waals surface area contributed by atoms with Crippen molar-refractivity contribution in [3.8, 4) is 5.75 Å². The second kappa shape index (κ2) is 4.45. The van der Waals surface area contributed by atoms with Crippen LogP contribution in [0.3, 0.4) is 0 Å². The number of nitrogens with zero attached hydrogens (tertiary/aromatic N) is 1. The fourth-order valence-electron chi connectivity index (χ4n) is 1.49. The zero-order valence-electron chi connectivity index (χ0n) is 8.63. The van der Waals surface area contributed by atoms with E-state index in [0.29, 0.717) is 22.5 Å². The molecule has 3 nitrogen and oxygen atoms in total. The van der Waals surface area contributed by atoms with Crippen molar-refractivity contribution in [3.05, 3.63) is 33.9 Å². The summed E-state index contributed by atoms with van der Waals surface area (Å²) < 4.78 is 5.11. The lowest BCUT2D eigenvalue weighted by atomic mass is 10.1. The molecule has 2 N–H and O–H groups in total. The highest BCUT2D eigenvalue weighted by atomic mass is 35.5. The molecule has 0 atom stereocenters. The van der Waals surface area contributed by atoms with Gasteiger partial charge in [-0.05, 0) is 12.1 Å². The monoisotopic (exact) mass is 256 g/mol. The van der Waals surface area contributed by atoms with E-state index in [1.165, 1.54) is 0 Å². The van der Waals surface area contributed by atoms with Crippen molar-refractivity contribution in [1.29, 1.82) is 0 Å². The van der Waals surface area contributed by atoms with Gasteiger partial charge in [-0.25, -0.2) is 4.98 Å². The second-order valence-electron chi connectivity index (χ2n) is 3.32. The predicted molar refractivity (Wildman–Crippen MR) is 66.2 cm³/mol. The Morgan fingerprint density at radius 2 is 2.06 bits per heavy atom. The van der Waals surface area contributed by atoms with E-state index >= 15 is 0 Å². The molecule has 0 bridgehead atoms. The Labute approximate surface area is 103 Å². The largest absolute Gasteiger partial charge is 0.495 e. The van der Waals surface area contributed by atoms with Crippen molar-refractivity contribution in [2.24, 2.45) is 5.73 Å². The van der Waals surface area contributed by atoms with Gasteiger partial charge < -0.3 is 10.5 Å². The van der Waals surface area contributed by atoms with Crippen LogP contribution in [-0.2, 0) is 6.54 Å². The number of ether oxygens (including phenoxy) is 1. The molecule has 16 heavy (non-hydrogen) atoms. The zero-order valence-corrected chi connectivity index (χ0v) is 10.1. The Balaban J connectivity index is 2.71. The Morgan fingerprint density at radius 3 is 2.69 bits per heavy atom. The summed E-state index contributed by atoms with van der Waals surface area (Å²) in [5.41, 5.74) is 7.09. The summed E-state index contributed by atoms with van der Waals surface area (Å²) in [5.74, 6) is 0.582. The maximum absolute atomic E-state index is 6.02. The number of methoxy groups -OCH3 is 1. The van der Waals surface area contributed by atoms with E-state index in [4.69, 9.17) is 33.7 Å². The van der Waals surface area contributed by atoms with Gasteiger partial charge in [0.25, 0.3) is 0 Å². The Morgan fingerprint density at radius 1 is 1.31 bits per heavy atom. The Bertz CT molecular complexity index is 494. The maximum atomic E-state index is 6.02. The van der Waals surface area contributed by atoms with E-state index in [-0.39, 0.29) is 0 Å². The first-order valence-electron chi connectivity index (χ1n) is 4.68. The molecule has 1 aromatic carbocycles. The highest BCUT2D eigenvalue weighted by Gasteiger charge is 2.07. The molecule has 1 heterocycles. The van der Waals surface area contributed by atoms with Crippen LogP contribution in [0.4, 0.5) is 0 Å². The fourth-order valence-corrected chi connectivity index (χ4v) is 1.97. The first-order chi connectivity index (χ1) is 7.65. The summed E-state index contributed by atoms with van der Waals surface area (Å²) >= 11 is 12.0. The van der Waals surface area contributed by atoms with Crippen molar-refractivity contribution in [3.63, 3.8) is 0 Å². The molecular formula is C11H10Cl2N2O. The van der Waals surface area contributed by atoms with E-state index < -0.39 is 0 Å². The van der Waals surface area contributed by atoms with Crippen LogP contribution >= 0.6 is 23.2 Å². The van der Waals surface area contributed by atoms with Crippen molar-refractivity contribution in [2.75, 3.05) is 7.11 Å². The molecule has 5 heteroatoms. The summed E-state index contributed by atoms with van der Waals surface area (Å²) in [6, 6.07) is 5.43. The predicted octanol–water partition coefficient (Wildman–Crippen LogP) is 3.01. The quantitative estimate of drug-likeness (QED) is 0.841. The lowest BCUT2D eigenvalue weighted by Gasteiger charge is -2.07. The number of hydrogen-bond donors (Lipinski definition) is 1. The summed E-state index contributed by atoms with van der Waals surface area (Å²) in [4.78, 5) is 4.24. The highest BCUT2D eigenvalue weighted by Crippen LogP contribution is 2.30. The van der Waals surface area contributed by atoms with E-state index in [1.54, 1.807) is 19.2 Å². The number of fused-ring (bicyclic) bond motifs is 1. The number of hydrogen-bond acceptors (Lipinski definition) is 3. The van der Waals surface area contributed by atoms with Gasteiger partial charge >= 0.3 is 0 Å². The smallest absolute Gasteiger partial charge is 0.139 e. The number of aromatic nitrogens is 1. The molecule has 0 amide bonds. The van der Waals surface area contributed by atoms with E-state index in [1.807, 2.05) is 6.07 Å². The molecule has 0 unspecified atom stereocenters. The molecule has 0 fully saturated rings. The van der Waals surface area contributed by atoms with Crippen LogP contribution < -0.4 is 10.5 Å². The molecule has 0 saturated carbocycles. The van der Waals surface area contributed by atoms with Gasteiger partial charge in [-0.15, -0.1) is 0 Å². The normalized spacial score (nSPS) is 10.8. The minimum atomic E-state index is 0.353. The van der Waals surface area contributed by atoms with Crippen molar-refractivity contribution < 1.29 is 4.74 Å². The molecule has 0 aliphatic heterocycles. The lowest BCUT2D eigenvalue weighted by Crippen LogP contribution is -1.99. The van der Waals surface area contributed by atoms with E-state index in [9.17, 15) is 0 Å². The van der Waals surface area contributed by atoms with Gasteiger partial charge in [0.1, 0.15) is 10.9 Å². The van der Waals surface area contributed by atoms with Crippen LogP contribution in [0.1, 0.15) is 5.56 Å². The van der Waals surface area contributed by atoms with Gasteiger partial charge in [0.05, 0.1) is 17.6 Å².